The van der Waals surface area contributed by atoms with Gasteiger partial charge >= 0.3 is 5.97 Å². The van der Waals surface area contributed by atoms with Crippen LogP contribution in [-0.4, -0.2) is 30.9 Å². The van der Waals surface area contributed by atoms with E-state index in [2.05, 4.69) is 22.0 Å². The summed E-state index contributed by atoms with van der Waals surface area (Å²) in [6, 6.07) is 4.03. The molecule has 0 spiro atoms. The maximum Gasteiger partial charge on any atom is 0.312 e. The molecule has 5 heteroatoms. The summed E-state index contributed by atoms with van der Waals surface area (Å²) in [5.41, 5.74) is 1.31. The predicted molar refractivity (Wildman–Crippen MR) is 77.2 cm³/mol. The van der Waals surface area contributed by atoms with Crippen LogP contribution in [-0.2, 0) is 22.4 Å². The molecule has 1 aromatic carbocycles. The fourth-order valence-corrected chi connectivity index (χ4v) is 3.63. The first-order valence-corrected chi connectivity index (χ1v) is 7.65. The first-order chi connectivity index (χ1) is 9.61. The average molecular weight is 341 g/mol. The second-order valence-electron chi connectivity index (χ2n) is 5.57. The van der Waals surface area contributed by atoms with E-state index in [0.29, 0.717) is 26.1 Å². The molecule has 1 atom stereocenters. The highest BCUT2D eigenvalue weighted by atomic mass is 79.9. The summed E-state index contributed by atoms with van der Waals surface area (Å²) in [7, 11) is 0. The fraction of sp³-hybridized carbons (Fsp3) is 0.533. The molecule has 0 radical (unpaired) electrons. The van der Waals surface area contributed by atoms with E-state index in [-0.39, 0.29) is 6.61 Å². The van der Waals surface area contributed by atoms with Crippen molar-refractivity contribution < 1.29 is 19.4 Å². The molecule has 0 aliphatic carbocycles. The van der Waals surface area contributed by atoms with E-state index in [4.69, 9.17) is 9.47 Å². The van der Waals surface area contributed by atoms with Crippen LogP contribution in [0.25, 0.3) is 0 Å². The van der Waals surface area contributed by atoms with Crippen LogP contribution < -0.4 is 4.74 Å². The molecular formula is C15H17BrO4. The Bertz CT molecular complexity index is 535. The number of carboxylic acid groups (broad SMARTS) is 1. The van der Waals surface area contributed by atoms with Gasteiger partial charge in [-0.25, -0.2) is 0 Å². The molecule has 108 valence electrons. The predicted octanol–water partition coefficient (Wildman–Crippen LogP) is 2.81. The van der Waals surface area contributed by atoms with E-state index in [1.165, 1.54) is 0 Å². The van der Waals surface area contributed by atoms with Gasteiger partial charge in [0.15, 0.2) is 0 Å². The Kier molecular flexibility index (Phi) is 3.73. The van der Waals surface area contributed by atoms with Crippen molar-refractivity contribution >= 4 is 21.9 Å². The van der Waals surface area contributed by atoms with Crippen molar-refractivity contribution in [1.29, 1.82) is 0 Å². The van der Waals surface area contributed by atoms with Crippen LogP contribution in [0.3, 0.4) is 0 Å². The summed E-state index contributed by atoms with van der Waals surface area (Å²) in [4.78, 5) is 11.7. The minimum Gasteiger partial charge on any atom is -0.493 e. The van der Waals surface area contributed by atoms with Gasteiger partial charge in [-0.05, 0) is 42.5 Å². The molecule has 1 saturated heterocycles. The zero-order chi connectivity index (χ0) is 14.2. The Balaban J connectivity index is 1.95. The van der Waals surface area contributed by atoms with Crippen LogP contribution in [0.5, 0.6) is 5.75 Å². The van der Waals surface area contributed by atoms with Crippen LogP contribution in [0, 0.1) is 5.41 Å². The van der Waals surface area contributed by atoms with Crippen molar-refractivity contribution in [2.24, 2.45) is 5.41 Å². The SMILES string of the molecule is O=C(O)C1(Cc2cc(Br)cc3c2OCC3)CCCOC1. The van der Waals surface area contributed by atoms with Gasteiger partial charge in [-0.3, -0.25) is 4.79 Å². The van der Waals surface area contributed by atoms with E-state index in [1.54, 1.807) is 0 Å². The Labute approximate surface area is 126 Å². The largest absolute Gasteiger partial charge is 0.493 e. The highest BCUT2D eigenvalue weighted by Crippen LogP contribution is 2.40. The number of benzene rings is 1. The molecule has 4 nitrogen and oxygen atoms in total. The van der Waals surface area contributed by atoms with E-state index in [9.17, 15) is 9.90 Å². The maximum absolute atomic E-state index is 11.7. The van der Waals surface area contributed by atoms with Crippen molar-refractivity contribution in [2.45, 2.75) is 25.7 Å². The molecule has 0 aromatic heterocycles. The molecule has 2 heterocycles. The standard InChI is InChI=1S/C15H17BrO4/c16-12-6-10-2-5-20-13(10)11(7-12)8-15(14(17)18)3-1-4-19-9-15/h6-7H,1-5,8-9H2,(H,17,18). The molecule has 0 amide bonds. The van der Waals surface area contributed by atoms with Gasteiger partial charge in [-0.2, -0.15) is 0 Å². The lowest BCUT2D eigenvalue weighted by Gasteiger charge is -2.33. The second kappa shape index (κ2) is 5.37. The minimum absolute atomic E-state index is 0.281. The lowest BCUT2D eigenvalue weighted by Crippen LogP contribution is -2.41. The number of ether oxygens (including phenoxy) is 2. The van der Waals surface area contributed by atoms with Gasteiger partial charge in [-0.1, -0.05) is 15.9 Å². The van der Waals surface area contributed by atoms with E-state index in [0.717, 1.165) is 34.2 Å². The number of hydrogen-bond donors (Lipinski definition) is 1. The van der Waals surface area contributed by atoms with E-state index < -0.39 is 11.4 Å². The Hall–Kier alpha value is -1.07. The third-order valence-electron chi connectivity index (χ3n) is 4.13. The minimum atomic E-state index is -0.821. The van der Waals surface area contributed by atoms with Crippen LogP contribution in [0.4, 0.5) is 0 Å². The van der Waals surface area contributed by atoms with Crippen molar-refractivity contribution in [2.75, 3.05) is 19.8 Å². The number of hydrogen-bond acceptors (Lipinski definition) is 3. The smallest absolute Gasteiger partial charge is 0.312 e. The summed E-state index contributed by atoms with van der Waals surface area (Å²) in [6.45, 7) is 1.61. The Morgan fingerprint density at radius 2 is 2.25 bits per heavy atom. The lowest BCUT2D eigenvalue weighted by atomic mass is 9.77. The number of carbonyl (C=O) groups is 1. The molecule has 1 aromatic rings. The molecule has 1 unspecified atom stereocenters. The number of fused-ring (bicyclic) bond motifs is 1. The Morgan fingerprint density at radius 3 is 2.95 bits per heavy atom. The monoisotopic (exact) mass is 340 g/mol. The van der Waals surface area contributed by atoms with Gasteiger partial charge in [0.05, 0.1) is 18.6 Å². The van der Waals surface area contributed by atoms with E-state index >= 15 is 0 Å². The maximum atomic E-state index is 11.7. The fourth-order valence-electron chi connectivity index (χ4n) is 3.08. The lowest BCUT2D eigenvalue weighted by molar-refractivity contribution is -0.157. The summed E-state index contributed by atoms with van der Waals surface area (Å²) in [5, 5.41) is 9.64. The van der Waals surface area contributed by atoms with E-state index in [1.807, 2.05) is 6.07 Å². The van der Waals surface area contributed by atoms with Crippen LogP contribution >= 0.6 is 15.9 Å². The summed E-state index contributed by atoms with van der Waals surface area (Å²) in [5.74, 6) is 0.100. The van der Waals surface area contributed by atoms with Crippen LogP contribution in [0.2, 0.25) is 0 Å². The van der Waals surface area contributed by atoms with Crippen LogP contribution in [0.15, 0.2) is 16.6 Å². The third kappa shape index (κ3) is 2.44. The van der Waals surface area contributed by atoms with Crippen molar-refractivity contribution in [3.63, 3.8) is 0 Å². The second-order valence-corrected chi connectivity index (χ2v) is 6.49. The molecule has 2 aliphatic heterocycles. The zero-order valence-electron chi connectivity index (χ0n) is 11.2. The number of aliphatic carboxylic acids is 1. The molecule has 1 fully saturated rings. The van der Waals surface area contributed by atoms with Gasteiger partial charge in [0, 0.05) is 17.5 Å². The highest BCUT2D eigenvalue weighted by Gasteiger charge is 2.41. The first kappa shape index (κ1) is 13.9. The third-order valence-corrected chi connectivity index (χ3v) is 4.59. The topological polar surface area (TPSA) is 55.8 Å². The van der Waals surface area contributed by atoms with Crippen molar-refractivity contribution in [1.82, 2.24) is 0 Å². The highest BCUT2D eigenvalue weighted by molar-refractivity contribution is 9.10. The van der Waals surface area contributed by atoms with Gasteiger partial charge in [-0.15, -0.1) is 0 Å². The van der Waals surface area contributed by atoms with Gasteiger partial charge in [0.1, 0.15) is 5.75 Å². The molecular weight excluding hydrogens is 324 g/mol. The quantitative estimate of drug-likeness (QED) is 0.919. The Morgan fingerprint density at radius 1 is 1.40 bits per heavy atom. The number of carboxylic acids is 1. The average Bonchev–Trinajstić information content (AvgIpc) is 2.88. The molecule has 0 bridgehead atoms. The van der Waals surface area contributed by atoms with Crippen molar-refractivity contribution in [3.8, 4) is 5.75 Å². The normalized spacial score (nSPS) is 25.1. The number of halogens is 1. The van der Waals surface area contributed by atoms with Crippen LogP contribution in [0.1, 0.15) is 24.0 Å². The summed E-state index contributed by atoms with van der Waals surface area (Å²) >= 11 is 3.50. The molecule has 1 N–H and O–H groups in total. The molecule has 0 saturated carbocycles. The molecule has 3 rings (SSSR count). The van der Waals surface area contributed by atoms with Gasteiger partial charge in [0.25, 0.3) is 0 Å². The first-order valence-electron chi connectivity index (χ1n) is 6.86. The number of rotatable bonds is 3. The van der Waals surface area contributed by atoms with Gasteiger partial charge < -0.3 is 14.6 Å². The zero-order valence-corrected chi connectivity index (χ0v) is 12.7. The molecule has 20 heavy (non-hydrogen) atoms. The summed E-state index contributed by atoms with van der Waals surface area (Å²) in [6.07, 6.45) is 2.80. The molecule has 2 aliphatic rings. The van der Waals surface area contributed by atoms with Gasteiger partial charge in [0.2, 0.25) is 0 Å². The van der Waals surface area contributed by atoms with Crippen molar-refractivity contribution in [3.05, 3.63) is 27.7 Å². The summed E-state index contributed by atoms with van der Waals surface area (Å²) < 4.78 is 12.1.